The molecule has 0 aromatic carbocycles. The second-order valence-corrected chi connectivity index (χ2v) is 4.63. The highest BCUT2D eigenvalue weighted by molar-refractivity contribution is 5.82. The van der Waals surface area contributed by atoms with Gasteiger partial charge in [-0.15, -0.1) is 12.3 Å². The van der Waals surface area contributed by atoms with E-state index < -0.39 is 30.1 Å². The fourth-order valence-electron chi connectivity index (χ4n) is 2.15. The molecule has 1 rings (SSSR count). The molecular weight excluding hydrogens is 245 g/mol. The van der Waals surface area contributed by atoms with Crippen molar-refractivity contribution in [3.8, 4) is 12.3 Å². The Hall–Kier alpha value is -1.22. The molecule has 0 bridgehead atoms. The molecule has 3 unspecified atom stereocenters. The summed E-state index contributed by atoms with van der Waals surface area (Å²) >= 11 is 0. The number of terminal acetylenes is 1. The molecule has 3 atom stereocenters. The summed E-state index contributed by atoms with van der Waals surface area (Å²) in [5.74, 6) is 0.448. The quantitative estimate of drug-likeness (QED) is 0.759. The van der Waals surface area contributed by atoms with E-state index in [4.69, 9.17) is 12.2 Å². The highest BCUT2D eigenvalue weighted by atomic mass is 19.4. The van der Waals surface area contributed by atoms with E-state index in [0.29, 0.717) is 12.8 Å². The molecule has 1 fully saturated rings. The van der Waals surface area contributed by atoms with Gasteiger partial charge in [0.05, 0.1) is 12.0 Å². The molecule has 18 heavy (non-hydrogen) atoms. The van der Waals surface area contributed by atoms with Gasteiger partial charge in [-0.2, -0.15) is 13.2 Å². The van der Waals surface area contributed by atoms with Crippen LogP contribution in [0.1, 0.15) is 32.1 Å². The second kappa shape index (κ2) is 6.10. The Bertz CT molecular complexity index is 335. The normalized spacial score (nSPS) is 26.2. The fourth-order valence-corrected chi connectivity index (χ4v) is 2.15. The number of alkyl halides is 3. The molecule has 1 aliphatic rings. The Labute approximate surface area is 104 Å². The van der Waals surface area contributed by atoms with Crippen molar-refractivity contribution >= 4 is 5.91 Å². The number of carbonyl (C=O) groups excluding carboxylic acids is 1. The van der Waals surface area contributed by atoms with E-state index in [-0.39, 0.29) is 19.3 Å². The summed E-state index contributed by atoms with van der Waals surface area (Å²) in [6.07, 6.45) is 1.99. The molecule has 3 nitrogen and oxygen atoms in total. The Morgan fingerprint density at radius 2 is 2.17 bits per heavy atom. The number of nitrogens with one attached hydrogen (secondary N) is 1. The third-order valence-corrected chi connectivity index (χ3v) is 3.16. The predicted octanol–water partition coefficient (Wildman–Crippen LogP) is 1.57. The molecule has 1 aliphatic carbocycles. The van der Waals surface area contributed by atoms with E-state index in [1.807, 2.05) is 0 Å². The molecule has 3 N–H and O–H groups in total. The van der Waals surface area contributed by atoms with Crippen molar-refractivity contribution in [3.63, 3.8) is 0 Å². The molecule has 0 spiro atoms. The SMILES string of the molecule is C#CCC(N)C(=O)NC1CCCC(C(F)(F)F)C1. The van der Waals surface area contributed by atoms with Crippen molar-refractivity contribution in [2.45, 2.75) is 50.4 Å². The zero-order valence-electron chi connectivity index (χ0n) is 9.96. The van der Waals surface area contributed by atoms with Gasteiger partial charge in [0.15, 0.2) is 0 Å². The molecule has 0 aromatic rings. The van der Waals surface area contributed by atoms with Crippen LogP contribution >= 0.6 is 0 Å². The first-order valence-corrected chi connectivity index (χ1v) is 5.90. The summed E-state index contributed by atoms with van der Waals surface area (Å²) in [5.41, 5.74) is 5.49. The Morgan fingerprint density at radius 3 is 2.72 bits per heavy atom. The number of halogens is 3. The molecule has 0 saturated heterocycles. The largest absolute Gasteiger partial charge is 0.391 e. The van der Waals surface area contributed by atoms with Crippen LogP contribution in [0.5, 0.6) is 0 Å². The van der Waals surface area contributed by atoms with E-state index in [1.54, 1.807) is 0 Å². The fraction of sp³-hybridized carbons (Fsp3) is 0.750. The maximum Gasteiger partial charge on any atom is 0.391 e. The number of carbonyl (C=O) groups is 1. The summed E-state index contributed by atoms with van der Waals surface area (Å²) in [5, 5.41) is 2.55. The van der Waals surface area contributed by atoms with Crippen LogP contribution in [0.4, 0.5) is 13.2 Å². The van der Waals surface area contributed by atoms with Crippen LogP contribution in [-0.4, -0.2) is 24.2 Å². The zero-order valence-corrected chi connectivity index (χ0v) is 9.96. The maximum atomic E-state index is 12.6. The molecular formula is C12H17F3N2O. The molecule has 0 radical (unpaired) electrons. The molecule has 0 heterocycles. The lowest BCUT2D eigenvalue weighted by Crippen LogP contribution is -2.47. The molecule has 1 saturated carbocycles. The number of hydrogen-bond acceptors (Lipinski definition) is 2. The van der Waals surface area contributed by atoms with Crippen molar-refractivity contribution in [3.05, 3.63) is 0 Å². The lowest BCUT2D eigenvalue weighted by molar-refractivity contribution is -0.184. The van der Waals surface area contributed by atoms with Crippen molar-refractivity contribution in [2.24, 2.45) is 11.7 Å². The van der Waals surface area contributed by atoms with E-state index in [2.05, 4.69) is 11.2 Å². The van der Waals surface area contributed by atoms with Gasteiger partial charge in [0.2, 0.25) is 5.91 Å². The average molecular weight is 262 g/mol. The van der Waals surface area contributed by atoms with Gasteiger partial charge in [0.1, 0.15) is 0 Å². The lowest BCUT2D eigenvalue weighted by atomic mass is 9.85. The van der Waals surface area contributed by atoms with Crippen LogP contribution < -0.4 is 11.1 Å². The molecule has 0 aromatic heterocycles. The van der Waals surface area contributed by atoms with Gasteiger partial charge in [-0.1, -0.05) is 6.42 Å². The van der Waals surface area contributed by atoms with Gasteiger partial charge < -0.3 is 11.1 Å². The minimum Gasteiger partial charge on any atom is -0.352 e. The van der Waals surface area contributed by atoms with Gasteiger partial charge in [-0.25, -0.2) is 0 Å². The van der Waals surface area contributed by atoms with Crippen LogP contribution in [0, 0.1) is 18.3 Å². The van der Waals surface area contributed by atoms with Gasteiger partial charge in [-0.3, -0.25) is 4.79 Å². The first kappa shape index (κ1) is 14.8. The summed E-state index contributed by atoms with van der Waals surface area (Å²) < 4.78 is 37.7. The van der Waals surface area contributed by atoms with Crippen molar-refractivity contribution in [1.29, 1.82) is 0 Å². The monoisotopic (exact) mass is 262 g/mol. The van der Waals surface area contributed by atoms with Crippen LogP contribution in [0.25, 0.3) is 0 Å². The van der Waals surface area contributed by atoms with E-state index >= 15 is 0 Å². The summed E-state index contributed by atoms with van der Waals surface area (Å²) in [7, 11) is 0. The second-order valence-electron chi connectivity index (χ2n) is 4.63. The minimum absolute atomic E-state index is 0.0714. The first-order chi connectivity index (χ1) is 8.34. The topological polar surface area (TPSA) is 55.1 Å². The van der Waals surface area contributed by atoms with Gasteiger partial charge in [-0.05, 0) is 19.3 Å². The van der Waals surface area contributed by atoms with E-state index in [0.717, 1.165) is 0 Å². The Kier molecular flexibility index (Phi) is 5.03. The third kappa shape index (κ3) is 4.22. The summed E-state index contributed by atoms with van der Waals surface area (Å²) in [4.78, 5) is 11.5. The van der Waals surface area contributed by atoms with Gasteiger partial charge in [0, 0.05) is 12.5 Å². The van der Waals surface area contributed by atoms with Gasteiger partial charge >= 0.3 is 6.18 Å². The Morgan fingerprint density at radius 1 is 1.50 bits per heavy atom. The van der Waals surface area contributed by atoms with Crippen LogP contribution in [-0.2, 0) is 4.79 Å². The maximum absolute atomic E-state index is 12.6. The lowest BCUT2D eigenvalue weighted by Gasteiger charge is -2.31. The number of rotatable bonds is 3. The van der Waals surface area contributed by atoms with Crippen LogP contribution in [0.15, 0.2) is 0 Å². The van der Waals surface area contributed by atoms with Crippen molar-refractivity contribution in [2.75, 3.05) is 0 Å². The van der Waals surface area contributed by atoms with E-state index in [9.17, 15) is 18.0 Å². The molecule has 0 aliphatic heterocycles. The first-order valence-electron chi connectivity index (χ1n) is 5.90. The molecule has 6 heteroatoms. The van der Waals surface area contributed by atoms with Crippen molar-refractivity contribution < 1.29 is 18.0 Å². The highest BCUT2D eigenvalue weighted by Gasteiger charge is 2.42. The van der Waals surface area contributed by atoms with E-state index in [1.165, 1.54) is 0 Å². The zero-order chi connectivity index (χ0) is 13.8. The van der Waals surface area contributed by atoms with Crippen LogP contribution in [0.3, 0.4) is 0 Å². The molecule has 102 valence electrons. The standard InChI is InChI=1S/C12H17F3N2O/c1-2-4-10(16)11(18)17-9-6-3-5-8(7-9)12(13,14)15/h1,8-10H,3-7,16H2,(H,17,18). The summed E-state index contributed by atoms with van der Waals surface area (Å²) in [6, 6.07) is -1.30. The molecule has 1 amide bonds. The summed E-state index contributed by atoms with van der Waals surface area (Å²) in [6.45, 7) is 0. The van der Waals surface area contributed by atoms with Crippen LogP contribution in [0.2, 0.25) is 0 Å². The van der Waals surface area contributed by atoms with Crippen molar-refractivity contribution in [1.82, 2.24) is 5.32 Å². The third-order valence-electron chi connectivity index (χ3n) is 3.16. The number of hydrogen-bond donors (Lipinski definition) is 2. The van der Waals surface area contributed by atoms with Gasteiger partial charge in [0.25, 0.3) is 0 Å². The highest BCUT2D eigenvalue weighted by Crippen LogP contribution is 2.37. The average Bonchev–Trinajstić information content (AvgIpc) is 2.28. The predicted molar refractivity (Wildman–Crippen MR) is 61.4 cm³/mol. The smallest absolute Gasteiger partial charge is 0.352 e. The number of amides is 1. The number of nitrogens with two attached hydrogens (primary N) is 1. The Balaban J connectivity index is 2.48. The minimum atomic E-state index is -4.19.